The Morgan fingerprint density at radius 1 is 1.26 bits per heavy atom. The van der Waals surface area contributed by atoms with E-state index in [1.54, 1.807) is 38.0 Å². The predicted molar refractivity (Wildman–Crippen MR) is 127 cm³/mol. The zero-order valence-corrected chi connectivity index (χ0v) is 22.0. The number of hydrogen-bond donors (Lipinski definition) is 0. The Kier molecular flexibility index (Phi) is 8.28. The van der Waals surface area contributed by atoms with Gasteiger partial charge in [-0.1, -0.05) is 23.2 Å². The SMILES string of the molecule is COc1ccc(Cl)c(Cl)c1[C@H]1C[C@@H](CC2COCOC(C)(C)OC2=O)N(C(=O)OC(C)(C)C)C1. The zero-order valence-electron chi connectivity index (χ0n) is 20.5. The number of likely N-dealkylation sites (tertiary alicyclic amines) is 1. The summed E-state index contributed by atoms with van der Waals surface area (Å²) in [6.07, 6.45) is 0.422. The molecule has 3 atom stereocenters. The van der Waals surface area contributed by atoms with Crippen LogP contribution < -0.4 is 4.74 Å². The highest BCUT2D eigenvalue weighted by Gasteiger charge is 2.43. The Hall–Kier alpha value is -1.74. The third-order valence-electron chi connectivity index (χ3n) is 5.81. The number of rotatable bonds is 4. The summed E-state index contributed by atoms with van der Waals surface area (Å²) < 4.78 is 27.7. The second-order valence-electron chi connectivity index (χ2n) is 10.1. The molecule has 2 saturated heterocycles. The van der Waals surface area contributed by atoms with E-state index in [4.69, 9.17) is 46.9 Å². The Bertz CT molecular complexity index is 915. The van der Waals surface area contributed by atoms with E-state index in [1.165, 1.54) is 0 Å². The minimum atomic E-state index is -1.10. The molecule has 0 aromatic heterocycles. The van der Waals surface area contributed by atoms with E-state index in [-0.39, 0.29) is 25.4 Å². The van der Waals surface area contributed by atoms with Crippen molar-refractivity contribution in [1.29, 1.82) is 0 Å². The summed E-state index contributed by atoms with van der Waals surface area (Å²) in [4.78, 5) is 27.7. The molecule has 190 valence electrons. The van der Waals surface area contributed by atoms with E-state index >= 15 is 0 Å². The third kappa shape index (κ3) is 6.47. The molecule has 2 aliphatic heterocycles. The predicted octanol–water partition coefficient (Wildman–Crippen LogP) is 5.38. The van der Waals surface area contributed by atoms with E-state index in [2.05, 4.69) is 0 Å². The Morgan fingerprint density at radius 3 is 2.62 bits per heavy atom. The number of benzene rings is 1. The van der Waals surface area contributed by atoms with Crippen molar-refractivity contribution in [3.63, 3.8) is 0 Å². The fraction of sp³-hybridized carbons (Fsp3) is 0.667. The number of methoxy groups -OCH3 is 1. The van der Waals surface area contributed by atoms with Gasteiger partial charge in [-0.05, 0) is 45.7 Å². The smallest absolute Gasteiger partial charge is 0.410 e. The van der Waals surface area contributed by atoms with Gasteiger partial charge < -0.3 is 28.6 Å². The van der Waals surface area contributed by atoms with Gasteiger partial charge in [0.05, 0.1) is 29.7 Å². The maximum Gasteiger partial charge on any atom is 0.410 e. The quantitative estimate of drug-likeness (QED) is 0.495. The van der Waals surface area contributed by atoms with Gasteiger partial charge in [-0.25, -0.2) is 4.79 Å². The number of hydrogen-bond acceptors (Lipinski definition) is 7. The lowest BCUT2D eigenvalue weighted by molar-refractivity contribution is -0.263. The molecule has 8 nitrogen and oxygen atoms in total. The van der Waals surface area contributed by atoms with Crippen LogP contribution in [0, 0.1) is 5.92 Å². The molecule has 3 rings (SSSR count). The molecule has 1 aromatic rings. The first-order chi connectivity index (χ1) is 15.8. The van der Waals surface area contributed by atoms with Gasteiger partial charge in [0.1, 0.15) is 11.4 Å². The first-order valence-corrected chi connectivity index (χ1v) is 12.0. The number of nitrogens with zero attached hydrogens (tertiary/aromatic N) is 1. The lowest BCUT2D eigenvalue weighted by Crippen LogP contribution is -2.44. The Balaban J connectivity index is 1.89. The minimum Gasteiger partial charge on any atom is -0.496 e. The average molecular weight is 518 g/mol. The standard InChI is InChI=1S/C24H33Cl2NO7/c1-23(2,3)34-22(29)27-11-14(19-18(30-6)8-7-17(25)20(19)26)9-16(27)10-15-12-31-13-32-24(4,5)33-21(15)28/h7-8,14-16H,9-13H2,1-6H3/t14-,15?,16-/m0/s1. The molecule has 2 aliphatic rings. The molecule has 0 aliphatic carbocycles. The molecular formula is C24H33Cl2NO7. The maximum absolute atomic E-state index is 13.1. The van der Waals surface area contributed by atoms with Crippen molar-refractivity contribution in [2.45, 2.75) is 70.8 Å². The van der Waals surface area contributed by atoms with Crippen LogP contribution in [-0.4, -0.2) is 61.4 Å². The number of esters is 1. The molecule has 1 amide bonds. The highest BCUT2D eigenvalue weighted by molar-refractivity contribution is 6.42. The summed E-state index contributed by atoms with van der Waals surface area (Å²) in [5, 5.41) is 0.798. The van der Waals surface area contributed by atoms with Crippen molar-refractivity contribution in [2.75, 3.05) is 27.1 Å². The molecule has 0 saturated carbocycles. The molecule has 1 unspecified atom stereocenters. The number of ether oxygens (including phenoxy) is 5. The summed E-state index contributed by atoms with van der Waals surface area (Å²) in [6.45, 7) is 9.22. The highest BCUT2D eigenvalue weighted by Crippen LogP contribution is 2.44. The summed E-state index contributed by atoms with van der Waals surface area (Å²) >= 11 is 12.9. The summed E-state index contributed by atoms with van der Waals surface area (Å²) in [5.74, 6) is -1.68. The van der Waals surface area contributed by atoms with Gasteiger partial charge in [0, 0.05) is 37.9 Å². The lowest BCUT2D eigenvalue weighted by Gasteiger charge is -2.33. The molecular weight excluding hydrogens is 485 g/mol. The van der Waals surface area contributed by atoms with Gasteiger partial charge >= 0.3 is 12.1 Å². The van der Waals surface area contributed by atoms with Gasteiger partial charge in [0.2, 0.25) is 5.79 Å². The van der Waals surface area contributed by atoms with Gasteiger partial charge in [-0.3, -0.25) is 4.79 Å². The first-order valence-electron chi connectivity index (χ1n) is 11.3. The number of halogens is 2. The van der Waals surface area contributed by atoms with E-state index < -0.39 is 29.4 Å². The van der Waals surface area contributed by atoms with E-state index in [0.29, 0.717) is 35.2 Å². The van der Waals surface area contributed by atoms with E-state index in [9.17, 15) is 9.59 Å². The average Bonchev–Trinajstić information content (AvgIpc) is 3.13. The second-order valence-corrected chi connectivity index (χ2v) is 10.9. The van der Waals surface area contributed by atoms with Crippen molar-refractivity contribution in [2.24, 2.45) is 5.92 Å². The van der Waals surface area contributed by atoms with Crippen LogP contribution >= 0.6 is 23.2 Å². The monoisotopic (exact) mass is 517 g/mol. The highest BCUT2D eigenvalue weighted by atomic mass is 35.5. The van der Waals surface area contributed by atoms with Crippen LogP contribution in [0.2, 0.25) is 10.0 Å². The van der Waals surface area contributed by atoms with E-state index in [1.807, 2.05) is 20.8 Å². The molecule has 1 aromatic carbocycles. The van der Waals surface area contributed by atoms with Crippen molar-refractivity contribution in [3.05, 3.63) is 27.7 Å². The number of cyclic esters (lactones) is 1. The van der Waals surface area contributed by atoms with Crippen LogP contribution in [0.1, 0.15) is 58.9 Å². The summed E-state index contributed by atoms with van der Waals surface area (Å²) in [6, 6.07) is 3.12. The summed E-state index contributed by atoms with van der Waals surface area (Å²) in [7, 11) is 1.56. The summed E-state index contributed by atoms with van der Waals surface area (Å²) in [5.41, 5.74) is 0.0631. The van der Waals surface area contributed by atoms with Crippen LogP contribution in [-0.2, 0) is 23.7 Å². The van der Waals surface area contributed by atoms with Gasteiger partial charge in [0.25, 0.3) is 0 Å². The maximum atomic E-state index is 13.1. The molecule has 0 bridgehead atoms. The molecule has 0 spiro atoms. The van der Waals surface area contributed by atoms with Crippen molar-refractivity contribution in [1.82, 2.24) is 4.90 Å². The first kappa shape index (κ1) is 26.9. The second kappa shape index (κ2) is 10.5. The Morgan fingerprint density at radius 2 is 1.97 bits per heavy atom. The van der Waals surface area contributed by atoms with Crippen molar-refractivity contribution < 1.29 is 33.3 Å². The third-order valence-corrected chi connectivity index (χ3v) is 6.63. The number of carbonyl (C=O) groups is 2. The number of amides is 1. The molecule has 0 N–H and O–H groups in total. The topological polar surface area (TPSA) is 83.5 Å². The van der Waals surface area contributed by atoms with Crippen LogP contribution in [0.3, 0.4) is 0 Å². The minimum absolute atomic E-state index is 0.00910. The van der Waals surface area contributed by atoms with Crippen LogP contribution in [0.4, 0.5) is 4.79 Å². The molecule has 0 radical (unpaired) electrons. The van der Waals surface area contributed by atoms with Gasteiger partial charge in [-0.2, -0.15) is 0 Å². The molecule has 2 fully saturated rings. The van der Waals surface area contributed by atoms with E-state index in [0.717, 1.165) is 5.56 Å². The van der Waals surface area contributed by atoms with Crippen LogP contribution in [0.25, 0.3) is 0 Å². The van der Waals surface area contributed by atoms with Gasteiger partial charge in [0.15, 0.2) is 6.79 Å². The fourth-order valence-electron chi connectivity index (χ4n) is 4.29. The zero-order chi connectivity index (χ0) is 25.3. The van der Waals surface area contributed by atoms with Crippen molar-refractivity contribution in [3.8, 4) is 5.75 Å². The largest absolute Gasteiger partial charge is 0.496 e. The van der Waals surface area contributed by atoms with Gasteiger partial charge in [-0.15, -0.1) is 0 Å². The Labute approximate surface area is 210 Å². The normalized spacial score (nSPS) is 25.4. The molecule has 2 heterocycles. The van der Waals surface area contributed by atoms with Crippen LogP contribution in [0.15, 0.2) is 12.1 Å². The van der Waals surface area contributed by atoms with Crippen LogP contribution in [0.5, 0.6) is 5.75 Å². The molecule has 34 heavy (non-hydrogen) atoms. The number of carbonyl (C=O) groups excluding carboxylic acids is 2. The molecule has 10 heteroatoms. The van der Waals surface area contributed by atoms with Crippen molar-refractivity contribution >= 4 is 35.3 Å². The fourth-order valence-corrected chi connectivity index (χ4v) is 4.77. The lowest BCUT2D eigenvalue weighted by atomic mass is 9.91.